The number of rotatable bonds is 8. The van der Waals surface area contributed by atoms with Gasteiger partial charge in [-0.25, -0.2) is 4.79 Å². The van der Waals surface area contributed by atoms with E-state index in [1.54, 1.807) is 38.1 Å². The van der Waals surface area contributed by atoms with E-state index in [4.69, 9.17) is 4.74 Å². The summed E-state index contributed by atoms with van der Waals surface area (Å²) in [7, 11) is 1.41. The SMILES string of the molecule is Cc1ccc(NC(=O)CN(C)C(=O)COC(=O)[C@H](C(C)C)N2C(=O)c3ccccc3C2=O)cc1. The number of imide groups is 1. The zero-order valence-corrected chi connectivity index (χ0v) is 19.5. The molecule has 9 nitrogen and oxygen atoms in total. The number of likely N-dealkylation sites (N-methyl/N-ethyl adjacent to an activating group) is 1. The first-order valence-electron chi connectivity index (χ1n) is 10.8. The fourth-order valence-electron chi connectivity index (χ4n) is 3.61. The first kappa shape index (κ1) is 24.6. The van der Waals surface area contributed by atoms with Crippen LogP contribution in [0, 0.1) is 12.8 Å². The number of esters is 1. The van der Waals surface area contributed by atoms with Crippen molar-refractivity contribution in [3.8, 4) is 0 Å². The molecule has 0 aliphatic carbocycles. The van der Waals surface area contributed by atoms with Gasteiger partial charge in [-0.15, -0.1) is 0 Å². The van der Waals surface area contributed by atoms with Crippen LogP contribution in [0.4, 0.5) is 5.69 Å². The molecular weight excluding hydrogens is 438 g/mol. The van der Waals surface area contributed by atoms with Crippen LogP contribution in [0.5, 0.6) is 0 Å². The average molecular weight is 466 g/mol. The van der Waals surface area contributed by atoms with Crippen LogP contribution < -0.4 is 5.32 Å². The Labute approximate surface area is 197 Å². The Morgan fingerprint density at radius 1 is 0.971 bits per heavy atom. The summed E-state index contributed by atoms with van der Waals surface area (Å²) >= 11 is 0. The van der Waals surface area contributed by atoms with Gasteiger partial charge in [0.05, 0.1) is 17.7 Å². The highest BCUT2D eigenvalue weighted by atomic mass is 16.5. The van der Waals surface area contributed by atoms with Gasteiger partial charge in [0.2, 0.25) is 5.91 Å². The monoisotopic (exact) mass is 465 g/mol. The number of aryl methyl sites for hydroxylation is 1. The summed E-state index contributed by atoms with van der Waals surface area (Å²) in [5, 5.41) is 2.69. The molecule has 0 saturated heterocycles. The molecule has 1 aliphatic heterocycles. The van der Waals surface area contributed by atoms with Gasteiger partial charge in [-0.3, -0.25) is 24.1 Å². The minimum Gasteiger partial charge on any atom is -0.454 e. The molecule has 1 atom stereocenters. The number of ether oxygens (including phenoxy) is 1. The highest BCUT2D eigenvalue weighted by Crippen LogP contribution is 2.27. The summed E-state index contributed by atoms with van der Waals surface area (Å²) < 4.78 is 5.16. The van der Waals surface area contributed by atoms with E-state index in [0.717, 1.165) is 15.4 Å². The molecular formula is C25H27N3O6. The van der Waals surface area contributed by atoms with Gasteiger partial charge < -0.3 is 15.0 Å². The topological polar surface area (TPSA) is 113 Å². The minimum atomic E-state index is -1.18. The van der Waals surface area contributed by atoms with Gasteiger partial charge in [-0.1, -0.05) is 43.7 Å². The predicted molar refractivity (Wildman–Crippen MR) is 124 cm³/mol. The lowest BCUT2D eigenvalue weighted by atomic mass is 10.0. The van der Waals surface area contributed by atoms with Crippen molar-refractivity contribution in [2.45, 2.75) is 26.8 Å². The van der Waals surface area contributed by atoms with Crippen LogP contribution in [0.25, 0.3) is 0 Å². The molecule has 34 heavy (non-hydrogen) atoms. The smallest absolute Gasteiger partial charge is 0.330 e. The molecule has 0 aromatic heterocycles. The summed E-state index contributed by atoms with van der Waals surface area (Å²) in [4.78, 5) is 65.0. The van der Waals surface area contributed by atoms with Crippen molar-refractivity contribution < 1.29 is 28.7 Å². The van der Waals surface area contributed by atoms with Gasteiger partial charge in [0.25, 0.3) is 17.7 Å². The number of anilines is 1. The number of nitrogens with zero attached hydrogens (tertiary/aromatic N) is 2. The summed E-state index contributed by atoms with van der Waals surface area (Å²) in [6, 6.07) is 12.4. The summed E-state index contributed by atoms with van der Waals surface area (Å²) in [5.74, 6) is -3.47. The van der Waals surface area contributed by atoms with Gasteiger partial charge in [0, 0.05) is 12.7 Å². The van der Waals surface area contributed by atoms with E-state index >= 15 is 0 Å². The molecule has 1 aliphatic rings. The Bertz CT molecular complexity index is 1090. The van der Waals surface area contributed by atoms with Gasteiger partial charge in [-0.05, 0) is 37.1 Å². The number of hydrogen-bond donors (Lipinski definition) is 1. The number of carbonyl (C=O) groups excluding carboxylic acids is 5. The van der Waals surface area contributed by atoms with E-state index in [2.05, 4.69) is 5.32 Å². The molecule has 1 heterocycles. The second-order valence-corrected chi connectivity index (χ2v) is 8.49. The normalized spacial score (nSPS) is 13.5. The molecule has 3 rings (SSSR count). The van der Waals surface area contributed by atoms with Crippen LogP contribution in [0.2, 0.25) is 0 Å². The lowest BCUT2D eigenvalue weighted by Gasteiger charge is -2.27. The lowest BCUT2D eigenvalue weighted by molar-refractivity contribution is -0.156. The fourth-order valence-corrected chi connectivity index (χ4v) is 3.61. The molecule has 178 valence electrons. The van der Waals surface area contributed by atoms with E-state index in [-0.39, 0.29) is 17.7 Å². The Morgan fingerprint density at radius 3 is 2.06 bits per heavy atom. The quantitative estimate of drug-likeness (QED) is 0.473. The minimum absolute atomic E-state index is 0.223. The highest BCUT2D eigenvalue weighted by Gasteiger charge is 2.44. The van der Waals surface area contributed by atoms with E-state index < -0.39 is 48.2 Å². The van der Waals surface area contributed by atoms with Crippen molar-refractivity contribution in [2.75, 3.05) is 25.5 Å². The first-order chi connectivity index (χ1) is 16.1. The largest absolute Gasteiger partial charge is 0.454 e. The van der Waals surface area contributed by atoms with Gasteiger partial charge in [0.1, 0.15) is 6.04 Å². The molecule has 0 bridgehead atoms. The maximum absolute atomic E-state index is 12.8. The molecule has 0 radical (unpaired) electrons. The molecule has 0 spiro atoms. The average Bonchev–Trinajstić information content (AvgIpc) is 3.04. The number of benzene rings is 2. The van der Waals surface area contributed by atoms with Crippen molar-refractivity contribution in [1.82, 2.24) is 9.80 Å². The molecule has 0 fully saturated rings. The Hall–Kier alpha value is -4.01. The molecule has 0 saturated carbocycles. The Balaban J connectivity index is 1.58. The van der Waals surface area contributed by atoms with Gasteiger partial charge in [-0.2, -0.15) is 0 Å². The van der Waals surface area contributed by atoms with Crippen LogP contribution in [0.3, 0.4) is 0 Å². The third kappa shape index (κ3) is 5.31. The maximum Gasteiger partial charge on any atom is 0.330 e. The van der Waals surface area contributed by atoms with E-state index in [1.807, 2.05) is 19.1 Å². The summed E-state index contributed by atoms with van der Waals surface area (Å²) in [5.41, 5.74) is 2.10. The maximum atomic E-state index is 12.8. The predicted octanol–water partition coefficient (Wildman–Crippen LogP) is 2.26. The van der Waals surface area contributed by atoms with Gasteiger partial charge in [0.15, 0.2) is 6.61 Å². The first-order valence-corrected chi connectivity index (χ1v) is 10.8. The van der Waals surface area contributed by atoms with Crippen LogP contribution in [0.15, 0.2) is 48.5 Å². The molecule has 0 unspecified atom stereocenters. The molecule has 4 amide bonds. The Morgan fingerprint density at radius 2 is 1.53 bits per heavy atom. The van der Waals surface area contributed by atoms with Crippen molar-refractivity contribution >= 4 is 35.3 Å². The molecule has 2 aromatic rings. The van der Waals surface area contributed by atoms with Crippen molar-refractivity contribution in [2.24, 2.45) is 5.92 Å². The zero-order valence-electron chi connectivity index (χ0n) is 19.5. The molecule has 1 N–H and O–H groups in total. The highest BCUT2D eigenvalue weighted by molar-refractivity contribution is 6.22. The third-order valence-corrected chi connectivity index (χ3v) is 5.46. The number of carbonyl (C=O) groups is 5. The zero-order chi connectivity index (χ0) is 25.0. The van der Waals surface area contributed by atoms with Crippen molar-refractivity contribution in [3.63, 3.8) is 0 Å². The number of amides is 4. The van der Waals surface area contributed by atoms with Crippen molar-refractivity contribution in [1.29, 1.82) is 0 Å². The summed E-state index contributed by atoms with van der Waals surface area (Å²) in [6.45, 7) is 4.42. The van der Waals surface area contributed by atoms with Gasteiger partial charge >= 0.3 is 5.97 Å². The van der Waals surface area contributed by atoms with Crippen LogP contribution in [0.1, 0.15) is 40.1 Å². The third-order valence-electron chi connectivity index (χ3n) is 5.46. The van der Waals surface area contributed by atoms with Crippen LogP contribution in [-0.4, -0.2) is 65.6 Å². The fraction of sp³-hybridized carbons (Fsp3) is 0.320. The number of fused-ring (bicyclic) bond motifs is 1. The van der Waals surface area contributed by atoms with E-state index in [0.29, 0.717) is 5.69 Å². The standard InChI is InChI=1S/C25H27N3O6/c1-15(2)22(28-23(31)18-7-5-6-8-19(18)24(28)32)25(33)34-14-21(30)27(4)13-20(29)26-17-11-9-16(3)10-12-17/h5-12,15,22H,13-14H2,1-4H3,(H,26,29)/t22-/m0/s1. The lowest BCUT2D eigenvalue weighted by Crippen LogP contribution is -2.49. The molecule has 2 aromatic carbocycles. The number of nitrogens with one attached hydrogen (secondary N) is 1. The van der Waals surface area contributed by atoms with Crippen LogP contribution in [-0.2, 0) is 19.1 Å². The van der Waals surface area contributed by atoms with E-state index in [9.17, 15) is 24.0 Å². The second kappa shape index (κ2) is 10.3. The Kier molecular flexibility index (Phi) is 7.45. The number of hydrogen-bond acceptors (Lipinski definition) is 6. The summed E-state index contributed by atoms with van der Waals surface area (Å²) in [6.07, 6.45) is 0. The molecule has 9 heteroatoms. The van der Waals surface area contributed by atoms with Crippen LogP contribution >= 0.6 is 0 Å². The van der Waals surface area contributed by atoms with E-state index in [1.165, 1.54) is 19.2 Å². The van der Waals surface area contributed by atoms with Crippen molar-refractivity contribution in [3.05, 3.63) is 65.2 Å². The second-order valence-electron chi connectivity index (χ2n) is 8.49.